The van der Waals surface area contributed by atoms with Crippen LogP contribution in [0.2, 0.25) is 0 Å². The minimum atomic E-state index is 0.285. The highest BCUT2D eigenvalue weighted by Crippen LogP contribution is 2.19. The van der Waals surface area contributed by atoms with Gasteiger partial charge in [0.05, 0.1) is 0 Å². The van der Waals surface area contributed by atoms with Gasteiger partial charge in [-0.15, -0.1) is 11.8 Å². The number of hydrogen-bond donors (Lipinski definition) is 1. The number of nitrogens with one attached hydrogen (secondary N) is 1. The van der Waals surface area contributed by atoms with Crippen LogP contribution in [-0.2, 0) is 4.74 Å². The topological polar surface area (TPSA) is 21.3 Å². The Morgan fingerprint density at radius 2 is 2.08 bits per heavy atom. The molecule has 1 saturated heterocycles. The minimum absolute atomic E-state index is 0.285. The van der Waals surface area contributed by atoms with Crippen molar-refractivity contribution < 1.29 is 4.74 Å². The summed E-state index contributed by atoms with van der Waals surface area (Å²) in [4.78, 5) is 0. The molecule has 0 amide bonds. The van der Waals surface area contributed by atoms with Crippen LogP contribution >= 0.6 is 0 Å². The Kier molecular flexibility index (Phi) is 4.27. The summed E-state index contributed by atoms with van der Waals surface area (Å²) in [6.45, 7) is 6.94. The van der Waals surface area contributed by atoms with E-state index in [-0.39, 0.29) is 5.54 Å². The summed E-state index contributed by atoms with van der Waals surface area (Å²) in [6, 6.07) is 0. The molecule has 0 radical (unpaired) electrons. The van der Waals surface area contributed by atoms with Gasteiger partial charge in [0.1, 0.15) is 0 Å². The van der Waals surface area contributed by atoms with Crippen LogP contribution in [-0.4, -0.2) is 25.3 Å². The van der Waals surface area contributed by atoms with Gasteiger partial charge in [0, 0.05) is 31.7 Å². The quantitative estimate of drug-likeness (QED) is 0.527. The van der Waals surface area contributed by atoms with E-state index < -0.39 is 0 Å². The first kappa shape index (κ1) is 10.6. The highest BCUT2D eigenvalue weighted by molar-refractivity contribution is 4.96. The Bertz CT molecular complexity index is 196. The summed E-state index contributed by atoms with van der Waals surface area (Å²) in [5.74, 6) is 5.96. The fourth-order valence-corrected chi connectivity index (χ4v) is 1.55. The molecular weight excluding hydrogens is 162 g/mol. The smallest absolute Gasteiger partial charge is 0.0483 e. The Morgan fingerprint density at radius 3 is 2.69 bits per heavy atom. The Labute approximate surface area is 81.0 Å². The zero-order valence-electron chi connectivity index (χ0n) is 8.65. The maximum atomic E-state index is 5.32. The molecule has 0 aromatic carbocycles. The first-order valence-corrected chi connectivity index (χ1v) is 4.99. The molecule has 1 fully saturated rings. The molecule has 1 N–H and O–H groups in total. The lowest BCUT2D eigenvalue weighted by Crippen LogP contribution is -2.47. The minimum Gasteiger partial charge on any atom is -0.381 e. The van der Waals surface area contributed by atoms with Gasteiger partial charge in [-0.25, -0.2) is 0 Å². The van der Waals surface area contributed by atoms with E-state index in [0.29, 0.717) is 0 Å². The van der Waals surface area contributed by atoms with Crippen molar-refractivity contribution in [2.45, 2.75) is 38.6 Å². The second-order valence-corrected chi connectivity index (χ2v) is 3.78. The second kappa shape index (κ2) is 5.26. The van der Waals surface area contributed by atoms with Crippen LogP contribution < -0.4 is 5.32 Å². The summed E-state index contributed by atoms with van der Waals surface area (Å²) >= 11 is 0. The van der Waals surface area contributed by atoms with E-state index in [4.69, 9.17) is 4.74 Å². The van der Waals surface area contributed by atoms with Crippen molar-refractivity contribution in [3.63, 3.8) is 0 Å². The summed E-state index contributed by atoms with van der Waals surface area (Å²) in [5.41, 5.74) is 0.285. The van der Waals surface area contributed by atoms with Crippen molar-refractivity contribution in [3.05, 3.63) is 0 Å². The highest BCUT2D eigenvalue weighted by atomic mass is 16.5. The van der Waals surface area contributed by atoms with Crippen LogP contribution in [0.3, 0.4) is 0 Å². The van der Waals surface area contributed by atoms with E-state index in [1.165, 1.54) is 0 Å². The molecule has 2 nitrogen and oxygen atoms in total. The van der Waals surface area contributed by atoms with Gasteiger partial charge < -0.3 is 10.1 Å². The predicted molar refractivity (Wildman–Crippen MR) is 54.5 cm³/mol. The largest absolute Gasteiger partial charge is 0.381 e. The van der Waals surface area contributed by atoms with Gasteiger partial charge >= 0.3 is 0 Å². The van der Waals surface area contributed by atoms with E-state index in [0.717, 1.165) is 39.0 Å². The monoisotopic (exact) mass is 181 g/mol. The lowest BCUT2D eigenvalue weighted by atomic mass is 9.92. The molecule has 0 aromatic rings. The van der Waals surface area contributed by atoms with Gasteiger partial charge in [-0.1, -0.05) is 0 Å². The van der Waals surface area contributed by atoms with Crippen molar-refractivity contribution in [2.24, 2.45) is 0 Å². The number of ether oxygens (including phenoxy) is 1. The van der Waals surface area contributed by atoms with E-state index >= 15 is 0 Å². The Hall–Kier alpha value is -0.520. The molecule has 1 aliphatic rings. The van der Waals surface area contributed by atoms with Gasteiger partial charge in [-0.05, 0) is 26.7 Å². The zero-order chi connectivity index (χ0) is 9.57. The van der Waals surface area contributed by atoms with Gasteiger partial charge in [0.15, 0.2) is 0 Å². The molecule has 0 atom stereocenters. The maximum absolute atomic E-state index is 5.32. The third kappa shape index (κ3) is 3.80. The van der Waals surface area contributed by atoms with Crippen molar-refractivity contribution in [1.82, 2.24) is 5.32 Å². The molecule has 2 heteroatoms. The maximum Gasteiger partial charge on any atom is 0.0483 e. The average molecular weight is 181 g/mol. The number of hydrogen-bond acceptors (Lipinski definition) is 2. The normalized spacial score (nSPS) is 20.5. The summed E-state index contributed by atoms with van der Waals surface area (Å²) < 4.78 is 5.32. The molecule has 1 rings (SSSR count). The molecule has 1 aliphatic heterocycles. The molecular formula is C11H19NO. The summed E-state index contributed by atoms with van der Waals surface area (Å²) in [6.07, 6.45) is 3.19. The third-order valence-electron chi connectivity index (χ3n) is 2.57. The van der Waals surface area contributed by atoms with Crippen molar-refractivity contribution in [1.29, 1.82) is 0 Å². The van der Waals surface area contributed by atoms with Gasteiger partial charge in [-0.2, -0.15) is 0 Å². The van der Waals surface area contributed by atoms with Crippen molar-refractivity contribution >= 4 is 0 Å². The Balaban J connectivity index is 2.19. The fraction of sp³-hybridized carbons (Fsp3) is 0.818. The van der Waals surface area contributed by atoms with Crippen LogP contribution in [0.25, 0.3) is 0 Å². The molecule has 0 unspecified atom stereocenters. The standard InChI is InChI=1S/C11H19NO/c1-3-4-5-8-12-11(2)6-9-13-10-7-11/h12H,5-10H2,1-2H3. The first-order chi connectivity index (χ1) is 6.27. The fourth-order valence-electron chi connectivity index (χ4n) is 1.55. The lowest BCUT2D eigenvalue weighted by Gasteiger charge is -2.34. The van der Waals surface area contributed by atoms with Crippen LogP contribution in [0.15, 0.2) is 0 Å². The zero-order valence-corrected chi connectivity index (χ0v) is 8.65. The summed E-state index contributed by atoms with van der Waals surface area (Å²) in [7, 11) is 0. The molecule has 13 heavy (non-hydrogen) atoms. The van der Waals surface area contributed by atoms with Gasteiger partial charge in [-0.3, -0.25) is 0 Å². The highest BCUT2D eigenvalue weighted by Gasteiger charge is 2.25. The van der Waals surface area contributed by atoms with Crippen LogP contribution in [0.4, 0.5) is 0 Å². The van der Waals surface area contributed by atoms with Crippen LogP contribution in [0, 0.1) is 11.8 Å². The molecule has 1 heterocycles. The molecule has 0 aromatic heterocycles. The molecule has 0 aliphatic carbocycles. The molecule has 74 valence electrons. The molecule has 0 bridgehead atoms. The lowest BCUT2D eigenvalue weighted by molar-refractivity contribution is 0.0457. The van der Waals surface area contributed by atoms with Crippen molar-refractivity contribution in [2.75, 3.05) is 19.8 Å². The van der Waals surface area contributed by atoms with E-state index in [2.05, 4.69) is 24.1 Å². The third-order valence-corrected chi connectivity index (χ3v) is 2.57. The van der Waals surface area contributed by atoms with Crippen molar-refractivity contribution in [3.8, 4) is 11.8 Å². The van der Waals surface area contributed by atoms with Gasteiger partial charge in [0.25, 0.3) is 0 Å². The van der Waals surface area contributed by atoms with Crippen LogP contribution in [0.5, 0.6) is 0 Å². The first-order valence-electron chi connectivity index (χ1n) is 4.99. The van der Waals surface area contributed by atoms with E-state index in [1.54, 1.807) is 0 Å². The van der Waals surface area contributed by atoms with E-state index in [9.17, 15) is 0 Å². The van der Waals surface area contributed by atoms with E-state index in [1.807, 2.05) is 6.92 Å². The SMILES string of the molecule is CC#CCCNC1(C)CCOCC1. The predicted octanol–water partition coefficient (Wildman–Crippen LogP) is 1.56. The average Bonchev–Trinajstić information content (AvgIpc) is 2.14. The van der Waals surface area contributed by atoms with Gasteiger partial charge in [0.2, 0.25) is 0 Å². The second-order valence-electron chi connectivity index (χ2n) is 3.78. The summed E-state index contributed by atoms with van der Waals surface area (Å²) in [5, 5.41) is 3.55. The molecule has 0 spiro atoms. The number of rotatable bonds is 3. The molecule has 0 saturated carbocycles. The Morgan fingerprint density at radius 1 is 1.38 bits per heavy atom. The van der Waals surface area contributed by atoms with Crippen LogP contribution in [0.1, 0.15) is 33.1 Å².